The SMILES string of the molecule is CCS(=O)(=O)CCCNCCCOCCO. The molecule has 0 saturated carbocycles. The number of hydrogen-bond acceptors (Lipinski definition) is 5. The summed E-state index contributed by atoms with van der Waals surface area (Å²) >= 11 is 0. The van der Waals surface area contributed by atoms with Crippen molar-refractivity contribution in [1.29, 1.82) is 0 Å². The minimum atomic E-state index is -2.82. The van der Waals surface area contributed by atoms with Gasteiger partial charge >= 0.3 is 0 Å². The Bertz CT molecular complexity index is 241. The summed E-state index contributed by atoms with van der Waals surface area (Å²) in [6.45, 7) is 4.27. The maximum Gasteiger partial charge on any atom is 0.150 e. The van der Waals surface area contributed by atoms with Crippen LogP contribution in [0, 0.1) is 0 Å². The molecule has 98 valence electrons. The molecular formula is C10H23NO4S. The van der Waals surface area contributed by atoms with Crippen molar-refractivity contribution in [3.05, 3.63) is 0 Å². The fraction of sp³-hybridized carbons (Fsp3) is 1.00. The summed E-state index contributed by atoms with van der Waals surface area (Å²) in [6, 6.07) is 0. The lowest BCUT2D eigenvalue weighted by Crippen LogP contribution is -2.21. The first-order valence-corrected chi connectivity index (χ1v) is 7.54. The Morgan fingerprint density at radius 1 is 1.19 bits per heavy atom. The van der Waals surface area contributed by atoms with Gasteiger partial charge in [0.25, 0.3) is 0 Å². The molecule has 2 N–H and O–H groups in total. The van der Waals surface area contributed by atoms with Gasteiger partial charge in [0.15, 0.2) is 0 Å². The van der Waals surface area contributed by atoms with Crippen LogP contribution in [0.1, 0.15) is 19.8 Å². The van der Waals surface area contributed by atoms with E-state index in [2.05, 4.69) is 5.32 Å². The van der Waals surface area contributed by atoms with Crippen LogP contribution in [0.3, 0.4) is 0 Å². The average molecular weight is 253 g/mol. The third-order valence-corrected chi connectivity index (χ3v) is 3.92. The number of aliphatic hydroxyl groups excluding tert-OH is 1. The predicted molar refractivity (Wildman–Crippen MR) is 64.3 cm³/mol. The quantitative estimate of drug-likeness (QED) is 0.499. The largest absolute Gasteiger partial charge is 0.394 e. The Hall–Kier alpha value is -0.170. The molecule has 0 radical (unpaired) electrons. The smallest absolute Gasteiger partial charge is 0.150 e. The monoisotopic (exact) mass is 253 g/mol. The Morgan fingerprint density at radius 3 is 2.50 bits per heavy atom. The first-order valence-electron chi connectivity index (χ1n) is 5.72. The van der Waals surface area contributed by atoms with Gasteiger partial charge in [-0.3, -0.25) is 0 Å². The molecule has 0 amide bonds. The van der Waals surface area contributed by atoms with Crippen molar-refractivity contribution in [2.75, 3.05) is 44.4 Å². The van der Waals surface area contributed by atoms with E-state index in [4.69, 9.17) is 9.84 Å². The number of ether oxygens (including phenoxy) is 1. The van der Waals surface area contributed by atoms with E-state index in [9.17, 15) is 8.42 Å². The van der Waals surface area contributed by atoms with E-state index < -0.39 is 9.84 Å². The van der Waals surface area contributed by atoms with Gasteiger partial charge in [0, 0.05) is 12.4 Å². The zero-order chi connectivity index (χ0) is 12.3. The van der Waals surface area contributed by atoms with Gasteiger partial charge < -0.3 is 15.2 Å². The molecule has 0 saturated heterocycles. The molecule has 0 unspecified atom stereocenters. The highest BCUT2D eigenvalue weighted by Gasteiger charge is 2.05. The molecule has 0 aromatic carbocycles. The highest BCUT2D eigenvalue weighted by molar-refractivity contribution is 7.91. The fourth-order valence-electron chi connectivity index (χ4n) is 1.15. The maximum atomic E-state index is 11.1. The van der Waals surface area contributed by atoms with Gasteiger partial charge in [0.05, 0.1) is 19.0 Å². The summed E-state index contributed by atoms with van der Waals surface area (Å²) in [6.07, 6.45) is 1.54. The number of hydrogen-bond donors (Lipinski definition) is 2. The van der Waals surface area contributed by atoms with Gasteiger partial charge in [0.2, 0.25) is 0 Å². The van der Waals surface area contributed by atoms with Gasteiger partial charge in [-0.25, -0.2) is 8.42 Å². The molecule has 16 heavy (non-hydrogen) atoms. The van der Waals surface area contributed by atoms with Crippen LogP contribution < -0.4 is 5.32 Å². The van der Waals surface area contributed by atoms with Gasteiger partial charge in [-0.1, -0.05) is 6.92 Å². The van der Waals surface area contributed by atoms with E-state index >= 15 is 0 Å². The zero-order valence-electron chi connectivity index (χ0n) is 9.94. The summed E-state index contributed by atoms with van der Waals surface area (Å²) in [5.41, 5.74) is 0. The van der Waals surface area contributed by atoms with Crippen LogP contribution in [0.15, 0.2) is 0 Å². The van der Waals surface area contributed by atoms with Crippen LogP contribution in [0.25, 0.3) is 0 Å². The summed E-state index contributed by atoms with van der Waals surface area (Å²) in [5, 5.41) is 11.6. The molecule has 0 aromatic rings. The molecule has 5 nitrogen and oxygen atoms in total. The normalized spacial score (nSPS) is 11.9. The van der Waals surface area contributed by atoms with Crippen LogP contribution in [-0.2, 0) is 14.6 Å². The lowest BCUT2D eigenvalue weighted by Gasteiger charge is -2.05. The van der Waals surface area contributed by atoms with Crippen molar-refractivity contribution in [3.63, 3.8) is 0 Å². The van der Waals surface area contributed by atoms with Crippen LogP contribution in [-0.4, -0.2) is 57.9 Å². The van der Waals surface area contributed by atoms with E-state index in [0.29, 0.717) is 19.6 Å². The minimum absolute atomic E-state index is 0.0578. The van der Waals surface area contributed by atoms with Crippen molar-refractivity contribution >= 4 is 9.84 Å². The van der Waals surface area contributed by atoms with Crippen LogP contribution in [0.4, 0.5) is 0 Å². The summed E-state index contributed by atoms with van der Waals surface area (Å²) < 4.78 is 27.3. The molecule has 0 spiro atoms. The van der Waals surface area contributed by atoms with E-state index in [1.54, 1.807) is 6.92 Å². The highest BCUT2D eigenvalue weighted by Crippen LogP contribution is 1.92. The lowest BCUT2D eigenvalue weighted by molar-refractivity contribution is 0.0908. The van der Waals surface area contributed by atoms with Gasteiger partial charge in [0.1, 0.15) is 9.84 Å². The molecule has 0 aromatic heterocycles. The average Bonchev–Trinajstić information content (AvgIpc) is 2.27. The van der Waals surface area contributed by atoms with Gasteiger partial charge in [-0.05, 0) is 25.9 Å². The van der Waals surface area contributed by atoms with Crippen molar-refractivity contribution in [1.82, 2.24) is 5.32 Å². The third-order valence-electron chi connectivity index (χ3n) is 2.13. The first-order chi connectivity index (χ1) is 7.62. The second kappa shape index (κ2) is 10.0. The summed E-state index contributed by atoms with van der Waals surface area (Å²) in [4.78, 5) is 0. The Kier molecular flexibility index (Phi) is 9.91. The second-order valence-electron chi connectivity index (χ2n) is 3.53. The van der Waals surface area contributed by atoms with Crippen molar-refractivity contribution in [3.8, 4) is 0 Å². The van der Waals surface area contributed by atoms with E-state index in [0.717, 1.165) is 19.5 Å². The minimum Gasteiger partial charge on any atom is -0.394 e. The first kappa shape index (κ1) is 15.8. The van der Waals surface area contributed by atoms with Crippen molar-refractivity contribution in [2.24, 2.45) is 0 Å². The van der Waals surface area contributed by atoms with E-state index in [-0.39, 0.29) is 18.1 Å². The topological polar surface area (TPSA) is 75.6 Å². The van der Waals surface area contributed by atoms with Crippen LogP contribution in [0.2, 0.25) is 0 Å². The summed E-state index contributed by atoms with van der Waals surface area (Å²) in [7, 11) is -2.82. The zero-order valence-corrected chi connectivity index (χ0v) is 10.8. The number of sulfone groups is 1. The van der Waals surface area contributed by atoms with Gasteiger partial charge in [-0.15, -0.1) is 0 Å². The van der Waals surface area contributed by atoms with Crippen molar-refractivity contribution in [2.45, 2.75) is 19.8 Å². The molecule has 0 aliphatic rings. The van der Waals surface area contributed by atoms with Crippen LogP contribution in [0.5, 0.6) is 0 Å². The standard InChI is InChI=1S/C10H23NO4S/c1-2-16(13,14)10-4-6-11-5-3-8-15-9-7-12/h11-12H,2-10H2,1H3. The third kappa shape index (κ3) is 10.4. The van der Waals surface area contributed by atoms with E-state index in [1.165, 1.54) is 0 Å². The number of rotatable bonds is 11. The molecule has 0 bridgehead atoms. The molecule has 0 atom stereocenters. The molecular weight excluding hydrogens is 230 g/mol. The molecule has 0 fully saturated rings. The number of aliphatic hydroxyl groups is 1. The van der Waals surface area contributed by atoms with Crippen molar-refractivity contribution < 1.29 is 18.3 Å². The molecule has 6 heteroatoms. The Morgan fingerprint density at radius 2 is 1.88 bits per heavy atom. The number of nitrogens with one attached hydrogen (secondary N) is 1. The van der Waals surface area contributed by atoms with Gasteiger partial charge in [-0.2, -0.15) is 0 Å². The molecule has 0 rings (SSSR count). The second-order valence-corrected chi connectivity index (χ2v) is 6.00. The highest BCUT2D eigenvalue weighted by atomic mass is 32.2. The summed E-state index contributed by atoms with van der Waals surface area (Å²) in [5.74, 6) is 0.486. The van der Waals surface area contributed by atoms with E-state index in [1.807, 2.05) is 0 Å². The lowest BCUT2D eigenvalue weighted by atomic mass is 10.4. The Balaban J connectivity index is 3.16. The molecule has 0 aliphatic heterocycles. The van der Waals surface area contributed by atoms with Crippen LogP contribution >= 0.6 is 0 Å². The molecule has 0 heterocycles. The molecule has 0 aliphatic carbocycles. The Labute approximate surface area is 98.1 Å². The fourth-order valence-corrected chi connectivity index (χ4v) is 2.03. The predicted octanol–water partition coefficient (Wildman–Crippen LogP) is -0.200. The maximum absolute atomic E-state index is 11.1.